The van der Waals surface area contributed by atoms with E-state index in [1.807, 2.05) is 0 Å². The van der Waals surface area contributed by atoms with E-state index in [2.05, 4.69) is 5.32 Å². The molecule has 0 bridgehead atoms. The van der Waals surface area contributed by atoms with Gasteiger partial charge in [0.25, 0.3) is 0 Å². The predicted molar refractivity (Wildman–Crippen MR) is 130 cm³/mol. The minimum atomic E-state index is -0.698. The van der Waals surface area contributed by atoms with E-state index < -0.39 is 24.2 Å². The van der Waals surface area contributed by atoms with Crippen molar-refractivity contribution >= 4 is 46.7 Å². The second kappa shape index (κ2) is 9.42. The molecule has 190 valence electrons. The first-order valence-corrected chi connectivity index (χ1v) is 12.8. The van der Waals surface area contributed by atoms with Crippen molar-refractivity contribution in [2.24, 2.45) is 5.41 Å². The number of rotatable bonds is 3. The molecule has 3 saturated heterocycles. The highest BCUT2D eigenvalue weighted by Gasteiger charge is 2.52. The first-order valence-electron chi connectivity index (χ1n) is 12.1. The Morgan fingerprint density at radius 1 is 1.17 bits per heavy atom. The number of aliphatic hydroxyl groups excluding tert-OH is 1. The number of hydrogen-bond acceptors (Lipinski definition) is 5. The molecule has 1 spiro atoms. The van der Waals surface area contributed by atoms with E-state index in [1.54, 1.807) is 34.9 Å². The summed E-state index contributed by atoms with van der Waals surface area (Å²) in [6, 6.07) is 2.93. The average Bonchev–Trinajstić information content (AvgIpc) is 3.61. The van der Waals surface area contributed by atoms with Crippen LogP contribution in [0.25, 0.3) is 0 Å². The molecule has 0 unspecified atom stereocenters. The van der Waals surface area contributed by atoms with E-state index in [0.29, 0.717) is 35.4 Å². The van der Waals surface area contributed by atoms with Crippen molar-refractivity contribution < 1.29 is 24.2 Å². The molecule has 1 aromatic carbocycles. The molecule has 9 nitrogen and oxygen atoms in total. The number of aliphatic hydroxyl groups is 1. The van der Waals surface area contributed by atoms with Crippen LogP contribution in [0.1, 0.15) is 32.6 Å². The fraction of sp³-hybridized carbons (Fsp3) is 0.625. The molecule has 0 radical (unpaired) electrons. The molecule has 1 aliphatic carbocycles. The van der Waals surface area contributed by atoms with Gasteiger partial charge in [0, 0.05) is 31.7 Å². The number of piperidine rings is 1. The third-order valence-corrected chi connectivity index (χ3v) is 8.70. The van der Waals surface area contributed by atoms with E-state index in [9.17, 15) is 19.5 Å². The Balaban J connectivity index is 1.23. The maximum Gasteiger partial charge on any atom is 0.322 e. The van der Waals surface area contributed by atoms with Gasteiger partial charge in [0.05, 0.1) is 41.4 Å². The third kappa shape index (κ3) is 4.71. The number of β-amino-alcohol motifs (C(OH)–C–C–N with tert-alkyl or cyclic N) is 1. The number of urea groups is 1. The number of nitrogens with zero attached hydrogens (tertiary/aromatic N) is 3. The number of ether oxygens (including phenoxy) is 1. The summed E-state index contributed by atoms with van der Waals surface area (Å²) in [7, 11) is 0. The SMILES string of the molecule is C[C@H]1C(=O)N2[C@@H](CC(=O)N3CCC4(CC4)[C@H](O)C3)COC[C@H]2CN1C(=O)Nc1ccc(Cl)c(Cl)c1. The van der Waals surface area contributed by atoms with Gasteiger partial charge in [-0.15, -0.1) is 0 Å². The maximum atomic E-state index is 13.4. The first-order chi connectivity index (χ1) is 16.7. The van der Waals surface area contributed by atoms with Gasteiger partial charge in [0.1, 0.15) is 6.04 Å². The number of carbonyl (C=O) groups is 3. The van der Waals surface area contributed by atoms with E-state index in [-0.39, 0.29) is 42.8 Å². The zero-order valence-electron chi connectivity index (χ0n) is 19.6. The number of hydrogen-bond donors (Lipinski definition) is 2. The lowest BCUT2D eigenvalue weighted by molar-refractivity contribution is -0.161. The normalized spacial score (nSPS) is 29.7. The Morgan fingerprint density at radius 2 is 1.94 bits per heavy atom. The summed E-state index contributed by atoms with van der Waals surface area (Å²) in [5.41, 5.74) is 0.502. The van der Waals surface area contributed by atoms with Gasteiger partial charge in [-0.05, 0) is 49.8 Å². The molecular weight excluding hydrogens is 495 g/mol. The van der Waals surface area contributed by atoms with Crippen molar-refractivity contribution in [3.05, 3.63) is 28.2 Å². The third-order valence-electron chi connectivity index (χ3n) is 7.96. The van der Waals surface area contributed by atoms with E-state index >= 15 is 0 Å². The molecule has 1 saturated carbocycles. The highest BCUT2D eigenvalue weighted by atomic mass is 35.5. The van der Waals surface area contributed by atoms with E-state index in [4.69, 9.17) is 27.9 Å². The molecule has 4 aliphatic rings. The van der Waals surface area contributed by atoms with Crippen LogP contribution in [-0.4, -0.2) is 94.7 Å². The second-order valence-electron chi connectivity index (χ2n) is 10.2. The van der Waals surface area contributed by atoms with Gasteiger partial charge in [-0.1, -0.05) is 23.2 Å². The molecule has 4 fully saturated rings. The number of morpholine rings is 1. The van der Waals surface area contributed by atoms with Crippen molar-refractivity contribution in [2.45, 2.75) is 56.8 Å². The lowest BCUT2D eigenvalue weighted by atomic mass is 9.90. The number of benzene rings is 1. The second-order valence-corrected chi connectivity index (χ2v) is 11.0. The molecular formula is C24H30Cl2N4O5. The van der Waals surface area contributed by atoms with Crippen LogP contribution in [0.2, 0.25) is 10.0 Å². The minimum Gasteiger partial charge on any atom is -0.391 e. The lowest BCUT2D eigenvalue weighted by Crippen LogP contribution is -2.69. The van der Waals surface area contributed by atoms with Crippen molar-refractivity contribution in [1.29, 1.82) is 0 Å². The van der Waals surface area contributed by atoms with Crippen LogP contribution in [0.5, 0.6) is 0 Å². The standard InChI is InChI=1S/C24H30Cl2N4O5/c1-14-22(33)30-16(9-21(32)28-7-6-24(4-5-24)20(31)11-28)12-35-13-17(30)10-29(14)23(34)27-15-2-3-18(25)19(26)8-15/h2-3,8,14,16-17,20,31H,4-7,9-13H2,1H3,(H,27,34)/t14-,16-,17+,20+/m0/s1. The van der Waals surface area contributed by atoms with Crippen molar-refractivity contribution in [1.82, 2.24) is 14.7 Å². The minimum absolute atomic E-state index is 0.0233. The van der Waals surface area contributed by atoms with Gasteiger partial charge in [-0.25, -0.2) is 4.79 Å². The lowest BCUT2D eigenvalue weighted by Gasteiger charge is -2.50. The molecule has 35 heavy (non-hydrogen) atoms. The summed E-state index contributed by atoms with van der Waals surface area (Å²) in [5, 5.41) is 13.9. The van der Waals surface area contributed by atoms with E-state index in [1.165, 1.54) is 4.90 Å². The van der Waals surface area contributed by atoms with Gasteiger partial charge in [0.15, 0.2) is 0 Å². The largest absolute Gasteiger partial charge is 0.391 e. The number of anilines is 1. The Kier molecular flexibility index (Phi) is 6.63. The van der Waals surface area contributed by atoms with Crippen molar-refractivity contribution in [3.8, 4) is 0 Å². The predicted octanol–water partition coefficient (Wildman–Crippen LogP) is 2.59. The van der Waals surface area contributed by atoms with Gasteiger partial charge in [-0.2, -0.15) is 0 Å². The van der Waals surface area contributed by atoms with E-state index in [0.717, 1.165) is 19.3 Å². The van der Waals surface area contributed by atoms with Gasteiger partial charge >= 0.3 is 6.03 Å². The Labute approximate surface area is 214 Å². The van der Waals surface area contributed by atoms with Crippen LogP contribution in [0.15, 0.2) is 18.2 Å². The van der Waals surface area contributed by atoms with Crippen LogP contribution in [0.3, 0.4) is 0 Å². The highest BCUT2D eigenvalue weighted by Crippen LogP contribution is 2.53. The first kappa shape index (κ1) is 24.6. The summed E-state index contributed by atoms with van der Waals surface area (Å²) in [6.07, 6.45) is 2.55. The van der Waals surface area contributed by atoms with Gasteiger partial charge in [-0.3, -0.25) is 9.59 Å². The average molecular weight is 525 g/mol. The topological polar surface area (TPSA) is 102 Å². The molecule has 5 rings (SSSR count). The number of carbonyl (C=O) groups excluding carboxylic acids is 3. The van der Waals surface area contributed by atoms with Gasteiger partial charge < -0.3 is 29.9 Å². The number of halogens is 2. The molecule has 1 aromatic rings. The number of piperazine rings is 1. The number of nitrogens with one attached hydrogen (secondary N) is 1. The Hall–Kier alpha value is -2.07. The fourth-order valence-corrected chi connectivity index (χ4v) is 5.84. The quantitative estimate of drug-likeness (QED) is 0.632. The number of likely N-dealkylation sites (tertiary alicyclic amines) is 1. The molecule has 11 heteroatoms. The molecule has 4 amide bonds. The maximum absolute atomic E-state index is 13.4. The molecule has 3 aliphatic heterocycles. The monoisotopic (exact) mass is 524 g/mol. The molecule has 4 atom stereocenters. The Bertz CT molecular complexity index is 1040. The summed E-state index contributed by atoms with van der Waals surface area (Å²) in [4.78, 5) is 44.4. The van der Waals surface area contributed by atoms with Gasteiger partial charge in [0.2, 0.25) is 11.8 Å². The van der Waals surface area contributed by atoms with Crippen LogP contribution >= 0.6 is 23.2 Å². The zero-order valence-corrected chi connectivity index (χ0v) is 21.1. The molecule has 0 aromatic heterocycles. The summed E-state index contributed by atoms with van der Waals surface area (Å²) in [5.74, 6) is -0.281. The smallest absolute Gasteiger partial charge is 0.322 e. The number of fused-ring (bicyclic) bond motifs is 1. The zero-order chi connectivity index (χ0) is 24.9. The number of amides is 4. The van der Waals surface area contributed by atoms with Crippen LogP contribution in [0, 0.1) is 5.41 Å². The fourth-order valence-electron chi connectivity index (χ4n) is 5.54. The van der Waals surface area contributed by atoms with Crippen molar-refractivity contribution in [3.63, 3.8) is 0 Å². The molecule has 3 heterocycles. The van der Waals surface area contributed by atoms with Crippen molar-refractivity contribution in [2.75, 3.05) is 38.2 Å². The Morgan fingerprint density at radius 3 is 2.63 bits per heavy atom. The summed E-state index contributed by atoms with van der Waals surface area (Å²) < 4.78 is 5.76. The summed E-state index contributed by atoms with van der Waals surface area (Å²) in [6.45, 7) is 3.54. The van der Waals surface area contributed by atoms with Crippen LogP contribution < -0.4 is 5.32 Å². The highest BCUT2D eigenvalue weighted by molar-refractivity contribution is 6.42. The van der Waals surface area contributed by atoms with Crippen LogP contribution in [0.4, 0.5) is 10.5 Å². The summed E-state index contributed by atoms with van der Waals surface area (Å²) >= 11 is 12.0. The van der Waals surface area contributed by atoms with Crippen LogP contribution in [-0.2, 0) is 14.3 Å². The molecule has 2 N–H and O–H groups in total.